The van der Waals surface area contributed by atoms with Crippen LogP contribution in [-0.2, 0) is 0 Å². The van der Waals surface area contributed by atoms with Crippen molar-refractivity contribution in [2.45, 2.75) is 19.4 Å². The number of benzene rings is 6. The van der Waals surface area contributed by atoms with Crippen LogP contribution in [-0.4, -0.2) is 10.4 Å². The van der Waals surface area contributed by atoms with Gasteiger partial charge in [0.1, 0.15) is 5.84 Å². The van der Waals surface area contributed by atoms with Gasteiger partial charge in [-0.1, -0.05) is 153 Å². The molecule has 1 atom stereocenters. The van der Waals surface area contributed by atoms with E-state index >= 15 is 0 Å². The molecule has 9 rings (SSSR count). The van der Waals surface area contributed by atoms with Gasteiger partial charge in [-0.05, 0) is 84.3 Å². The lowest BCUT2D eigenvalue weighted by atomic mass is 9.95. The van der Waals surface area contributed by atoms with Gasteiger partial charge in [0.15, 0.2) is 0 Å². The highest BCUT2D eigenvalue weighted by atomic mass is 15.2. The average Bonchev–Trinajstić information content (AvgIpc) is 3.74. The molecule has 1 N–H and O–H groups in total. The zero-order chi connectivity index (χ0) is 40.1. The van der Waals surface area contributed by atoms with Crippen molar-refractivity contribution < 1.29 is 0 Å². The maximum atomic E-state index is 5.11. The Bertz CT molecular complexity index is 2930. The lowest BCUT2D eigenvalue weighted by Gasteiger charge is -2.26. The van der Waals surface area contributed by atoms with Crippen LogP contribution >= 0.6 is 0 Å². The Balaban J connectivity index is 1.17. The summed E-state index contributed by atoms with van der Waals surface area (Å²) < 4.78 is 2.37. The summed E-state index contributed by atoms with van der Waals surface area (Å²) in [6, 6.07) is 55.3. The van der Waals surface area contributed by atoms with Crippen molar-refractivity contribution in [3.63, 3.8) is 0 Å². The number of hydrogen-bond acceptors (Lipinski definition) is 2. The number of fused-ring (bicyclic) bond motifs is 3. The molecule has 0 saturated carbocycles. The van der Waals surface area contributed by atoms with Crippen LogP contribution < -0.4 is 10.2 Å². The highest BCUT2D eigenvalue weighted by Crippen LogP contribution is 2.46. The second kappa shape index (κ2) is 16.4. The molecule has 7 aromatic rings. The normalized spacial score (nSPS) is 15.2. The van der Waals surface area contributed by atoms with Crippen LogP contribution in [0.1, 0.15) is 41.6 Å². The summed E-state index contributed by atoms with van der Waals surface area (Å²) in [4.78, 5) is 7.51. The van der Waals surface area contributed by atoms with E-state index in [1.807, 2.05) is 54.6 Å². The van der Waals surface area contributed by atoms with Crippen molar-refractivity contribution in [1.29, 1.82) is 0 Å². The Morgan fingerprint density at radius 1 is 0.729 bits per heavy atom. The lowest BCUT2D eigenvalue weighted by Crippen LogP contribution is -2.28. The summed E-state index contributed by atoms with van der Waals surface area (Å²) in [5.41, 5.74) is 17.8. The molecule has 0 amide bonds. The maximum Gasteiger partial charge on any atom is 0.134 e. The van der Waals surface area contributed by atoms with E-state index in [4.69, 9.17) is 4.99 Å². The molecule has 0 radical (unpaired) electrons. The van der Waals surface area contributed by atoms with Gasteiger partial charge < -0.3 is 14.8 Å². The Hall–Kier alpha value is -7.65. The molecule has 2 heterocycles. The number of nitrogens with one attached hydrogen (secondary N) is 1. The fraction of sp³-hybridized carbons (Fsp3) is 0.0545. The predicted octanol–water partition coefficient (Wildman–Crippen LogP) is 13.5. The summed E-state index contributed by atoms with van der Waals surface area (Å²) in [6.07, 6.45) is 15.2. The summed E-state index contributed by atoms with van der Waals surface area (Å²) in [5.74, 6) is 0.759. The molecule has 1 unspecified atom stereocenters. The first-order chi connectivity index (χ1) is 29.1. The summed E-state index contributed by atoms with van der Waals surface area (Å²) >= 11 is 0. The zero-order valence-electron chi connectivity index (χ0n) is 33.1. The number of anilines is 1. The smallest absolute Gasteiger partial charge is 0.134 e. The summed E-state index contributed by atoms with van der Waals surface area (Å²) in [6.45, 7) is 10.5. The third kappa shape index (κ3) is 7.26. The van der Waals surface area contributed by atoms with Crippen LogP contribution in [0.4, 0.5) is 5.69 Å². The SMILES string of the molecule is C=C/C=C\C=C1/CC2=C(C(c3cccc4c3c3ccccc3n4-c3ccccc3)=C=CC=C2)N1c1ccc(C(=NC(=C)c2ccccc2)NC(C)c2ccccc2)cc1. The van der Waals surface area contributed by atoms with E-state index in [-0.39, 0.29) is 6.04 Å². The highest BCUT2D eigenvalue weighted by Gasteiger charge is 2.32. The molecule has 1 aliphatic carbocycles. The highest BCUT2D eigenvalue weighted by molar-refractivity contribution is 6.15. The van der Waals surface area contributed by atoms with Crippen molar-refractivity contribution in [2.75, 3.05) is 4.90 Å². The van der Waals surface area contributed by atoms with Crippen LogP contribution in [0.15, 0.2) is 241 Å². The molecule has 2 aliphatic rings. The molecule has 0 bridgehead atoms. The van der Waals surface area contributed by atoms with E-state index in [0.717, 1.165) is 62.8 Å². The Morgan fingerprint density at radius 3 is 2.19 bits per heavy atom. The second-order valence-electron chi connectivity index (χ2n) is 14.7. The number of nitrogens with zero attached hydrogens (tertiary/aromatic N) is 3. The number of para-hydroxylation sites is 2. The molecule has 4 heteroatoms. The van der Waals surface area contributed by atoms with Crippen LogP contribution in [0, 0.1) is 0 Å². The Kier molecular flexibility index (Phi) is 10.3. The first-order valence-corrected chi connectivity index (χ1v) is 20.1. The van der Waals surface area contributed by atoms with Gasteiger partial charge in [0.2, 0.25) is 0 Å². The van der Waals surface area contributed by atoms with Crippen molar-refractivity contribution in [2.24, 2.45) is 4.99 Å². The van der Waals surface area contributed by atoms with Crippen molar-refractivity contribution in [3.05, 3.63) is 258 Å². The van der Waals surface area contributed by atoms with Crippen LogP contribution in [0.3, 0.4) is 0 Å². The van der Waals surface area contributed by atoms with Gasteiger partial charge in [0, 0.05) is 57.0 Å². The predicted molar refractivity (Wildman–Crippen MR) is 249 cm³/mol. The van der Waals surface area contributed by atoms with E-state index in [1.165, 1.54) is 27.4 Å². The van der Waals surface area contributed by atoms with E-state index in [9.17, 15) is 0 Å². The minimum Gasteiger partial charge on any atom is -0.363 e. The molecular formula is C55H44N4. The van der Waals surface area contributed by atoms with Gasteiger partial charge in [-0.15, -0.1) is 5.73 Å². The standard InChI is InChI=1S/C55H44N4/c1-4-5-9-28-47-38-44-25-16-17-29-49(48-31-20-33-52-53(48)50-30-18-19-32-51(50)59(52)45-26-14-8-15-27-45)54(44)58(47)46-36-34-43(35-37-46)55(56-39(2)41-21-10-6-11-22-41)57-40(3)42-23-12-7-13-24-42/h4-28,30-37,40H,1-2,38H2,3H3,(H,56,57)/b9-5-,47-28+. The van der Waals surface area contributed by atoms with Crippen LogP contribution in [0.5, 0.6) is 0 Å². The van der Waals surface area contributed by atoms with E-state index < -0.39 is 0 Å². The maximum absolute atomic E-state index is 5.11. The van der Waals surface area contributed by atoms with Crippen molar-refractivity contribution in [1.82, 2.24) is 9.88 Å². The quantitative estimate of drug-likeness (QED) is 0.0652. The molecule has 1 aromatic heterocycles. The molecule has 6 aromatic carbocycles. The minimum atomic E-state index is 0.0171. The Labute approximate surface area is 346 Å². The fourth-order valence-corrected chi connectivity index (χ4v) is 8.19. The van der Waals surface area contributed by atoms with Gasteiger partial charge in [-0.25, -0.2) is 4.99 Å². The van der Waals surface area contributed by atoms with Crippen molar-refractivity contribution in [3.8, 4) is 5.69 Å². The van der Waals surface area contributed by atoms with Gasteiger partial charge in [0.25, 0.3) is 0 Å². The van der Waals surface area contributed by atoms with Crippen LogP contribution in [0.2, 0.25) is 0 Å². The number of aliphatic imine (C=N–C) groups is 1. The van der Waals surface area contributed by atoms with E-state index in [0.29, 0.717) is 5.70 Å². The lowest BCUT2D eigenvalue weighted by molar-refractivity contribution is 0.717. The largest absolute Gasteiger partial charge is 0.363 e. The number of hydrogen-bond donors (Lipinski definition) is 1. The van der Waals surface area contributed by atoms with Gasteiger partial charge >= 0.3 is 0 Å². The average molecular weight is 761 g/mol. The molecule has 4 nitrogen and oxygen atoms in total. The topological polar surface area (TPSA) is 32.6 Å². The minimum absolute atomic E-state index is 0.0171. The van der Waals surface area contributed by atoms with Gasteiger partial charge in [0.05, 0.1) is 22.4 Å². The number of allylic oxidation sites excluding steroid dienone is 8. The first kappa shape index (κ1) is 37.0. The van der Waals surface area contributed by atoms with E-state index in [1.54, 1.807) is 0 Å². The van der Waals surface area contributed by atoms with Gasteiger partial charge in [-0.3, -0.25) is 0 Å². The molecule has 59 heavy (non-hydrogen) atoms. The monoisotopic (exact) mass is 760 g/mol. The van der Waals surface area contributed by atoms with Crippen LogP contribution in [0.25, 0.3) is 38.8 Å². The number of aromatic nitrogens is 1. The van der Waals surface area contributed by atoms with Gasteiger partial charge in [-0.2, -0.15) is 0 Å². The molecule has 0 spiro atoms. The number of amidine groups is 1. The molecule has 1 aliphatic heterocycles. The molecule has 0 saturated heterocycles. The Morgan fingerprint density at radius 2 is 1.42 bits per heavy atom. The summed E-state index contributed by atoms with van der Waals surface area (Å²) in [7, 11) is 0. The van der Waals surface area contributed by atoms with Crippen molar-refractivity contribution >= 4 is 44.6 Å². The molecular weight excluding hydrogens is 717 g/mol. The second-order valence-corrected chi connectivity index (χ2v) is 14.7. The number of rotatable bonds is 10. The van der Waals surface area contributed by atoms with E-state index in [2.05, 4.69) is 186 Å². The first-order valence-electron chi connectivity index (χ1n) is 20.1. The zero-order valence-corrected chi connectivity index (χ0v) is 33.1. The molecule has 0 fully saturated rings. The molecule has 284 valence electrons. The third-order valence-electron chi connectivity index (χ3n) is 11.0. The summed E-state index contributed by atoms with van der Waals surface area (Å²) in [5, 5.41) is 6.12. The third-order valence-corrected chi connectivity index (χ3v) is 11.0. The fourth-order valence-electron chi connectivity index (χ4n) is 8.19.